The molecule has 0 unspecified atom stereocenters. The minimum absolute atomic E-state index is 0. The number of carbonyl (C=O) groups is 1. The molecule has 0 aliphatic heterocycles. The van der Waals surface area contributed by atoms with Crippen molar-refractivity contribution in [2.24, 2.45) is 4.99 Å². The number of aryl methyl sites for hydroxylation is 1. The molecular formula is C19H26IN3O4. The molecule has 0 fully saturated rings. The van der Waals surface area contributed by atoms with Crippen LogP contribution in [0.4, 0.5) is 0 Å². The second-order valence-corrected chi connectivity index (χ2v) is 5.74. The molecule has 1 N–H and O–H groups in total. The van der Waals surface area contributed by atoms with Gasteiger partial charge >= 0.3 is 5.97 Å². The number of hydrogen-bond acceptors (Lipinski definition) is 5. The molecular weight excluding hydrogens is 461 g/mol. The summed E-state index contributed by atoms with van der Waals surface area (Å²) in [7, 11) is 6.66. The Labute approximate surface area is 176 Å². The SMILES string of the molecule is CN=C(NCc1cc(C(=O)OC)c(C)o1)N(C)Cc1ccccc1OC.I. The molecule has 0 aliphatic rings. The van der Waals surface area contributed by atoms with Crippen LogP contribution in [0.15, 0.2) is 39.7 Å². The van der Waals surface area contributed by atoms with Crippen LogP contribution in [-0.4, -0.2) is 45.1 Å². The van der Waals surface area contributed by atoms with Gasteiger partial charge in [-0.1, -0.05) is 18.2 Å². The van der Waals surface area contributed by atoms with Crippen LogP contribution in [0.1, 0.15) is 27.4 Å². The van der Waals surface area contributed by atoms with Crippen LogP contribution in [0.5, 0.6) is 5.75 Å². The quantitative estimate of drug-likeness (QED) is 0.292. The Morgan fingerprint density at radius 1 is 1.30 bits per heavy atom. The molecule has 0 atom stereocenters. The van der Waals surface area contributed by atoms with Gasteiger partial charge in [-0.25, -0.2) is 4.79 Å². The molecule has 2 aromatic rings. The predicted molar refractivity (Wildman–Crippen MR) is 115 cm³/mol. The van der Waals surface area contributed by atoms with E-state index in [1.165, 1.54) is 7.11 Å². The fourth-order valence-electron chi connectivity index (χ4n) is 2.66. The number of ether oxygens (including phenoxy) is 2. The minimum Gasteiger partial charge on any atom is -0.496 e. The number of para-hydroxylation sites is 1. The maximum atomic E-state index is 11.7. The van der Waals surface area contributed by atoms with Crippen molar-refractivity contribution < 1.29 is 18.7 Å². The van der Waals surface area contributed by atoms with Gasteiger partial charge < -0.3 is 24.1 Å². The summed E-state index contributed by atoms with van der Waals surface area (Å²) in [5.41, 5.74) is 1.49. The minimum atomic E-state index is -0.407. The maximum absolute atomic E-state index is 11.7. The Morgan fingerprint density at radius 3 is 2.63 bits per heavy atom. The molecule has 0 radical (unpaired) electrons. The van der Waals surface area contributed by atoms with Crippen LogP contribution in [-0.2, 0) is 17.8 Å². The van der Waals surface area contributed by atoms with E-state index in [9.17, 15) is 4.79 Å². The average Bonchev–Trinajstić information content (AvgIpc) is 3.02. The first-order chi connectivity index (χ1) is 12.5. The molecule has 0 aliphatic carbocycles. The van der Waals surface area contributed by atoms with E-state index in [4.69, 9.17) is 13.9 Å². The van der Waals surface area contributed by atoms with E-state index >= 15 is 0 Å². The van der Waals surface area contributed by atoms with Crippen molar-refractivity contribution in [3.63, 3.8) is 0 Å². The number of nitrogens with zero attached hydrogens (tertiary/aromatic N) is 2. The van der Waals surface area contributed by atoms with Crippen molar-refractivity contribution in [3.05, 3.63) is 53.0 Å². The summed E-state index contributed by atoms with van der Waals surface area (Å²) in [6.45, 7) is 2.77. The molecule has 1 aromatic heterocycles. The molecule has 0 saturated heterocycles. The van der Waals surface area contributed by atoms with Gasteiger partial charge in [0.2, 0.25) is 0 Å². The van der Waals surface area contributed by atoms with Crippen LogP contribution >= 0.6 is 24.0 Å². The fraction of sp³-hybridized carbons (Fsp3) is 0.368. The Bertz CT molecular complexity index is 789. The maximum Gasteiger partial charge on any atom is 0.341 e. The Morgan fingerprint density at radius 2 is 2.00 bits per heavy atom. The van der Waals surface area contributed by atoms with Crippen molar-refractivity contribution in [1.29, 1.82) is 0 Å². The van der Waals surface area contributed by atoms with Gasteiger partial charge in [-0.05, 0) is 19.1 Å². The molecule has 0 bridgehead atoms. The second-order valence-electron chi connectivity index (χ2n) is 5.74. The van der Waals surface area contributed by atoms with Crippen LogP contribution in [0, 0.1) is 6.92 Å². The number of nitrogens with one attached hydrogen (secondary N) is 1. The molecule has 1 heterocycles. The molecule has 27 heavy (non-hydrogen) atoms. The topological polar surface area (TPSA) is 76.3 Å². The lowest BCUT2D eigenvalue weighted by atomic mass is 10.2. The summed E-state index contributed by atoms with van der Waals surface area (Å²) in [6, 6.07) is 9.54. The van der Waals surface area contributed by atoms with Crippen molar-refractivity contribution in [1.82, 2.24) is 10.2 Å². The number of furan rings is 1. The van der Waals surface area contributed by atoms with Gasteiger partial charge in [0.15, 0.2) is 5.96 Å². The molecule has 0 spiro atoms. The van der Waals surface area contributed by atoms with Crippen molar-refractivity contribution in [3.8, 4) is 5.75 Å². The first-order valence-corrected chi connectivity index (χ1v) is 8.21. The normalized spacial score (nSPS) is 10.8. The largest absolute Gasteiger partial charge is 0.496 e. The highest BCUT2D eigenvalue weighted by Gasteiger charge is 2.16. The number of carbonyl (C=O) groups excluding carboxylic acids is 1. The highest BCUT2D eigenvalue weighted by atomic mass is 127. The number of halogens is 1. The number of esters is 1. The summed E-state index contributed by atoms with van der Waals surface area (Å²) in [4.78, 5) is 17.9. The van der Waals surface area contributed by atoms with Gasteiger partial charge in [0.25, 0.3) is 0 Å². The zero-order valence-electron chi connectivity index (χ0n) is 16.2. The molecule has 8 heteroatoms. The van der Waals surface area contributed by atoms with Crippen LogP contribution in [0.2, 0.25) is 0 Å². The number of rotatable bonds is 6. The number of methoxy groups -OCH3 is 2. The second kappa shape index (κ2) is 10.8. The lowest BCUT2D eigenvalue weighted by Gasteiger charge is -2.22. The van der Waals surface area contributed by atoms with E-state index in [1.54, 1.807) is 27.1 Å². The number of aliphatic imine (C=N–C) groups is 1. The third-order valence-corrected chi connectivity index (χ3v) is 3.97. The van der Waals surface area contributed by atoms with Crippen LogP contribution in [0.3, 0.4) is 0 Å². The molecule has 7 nitrogen and oxygen atoms in total. The lowest BCUT2D eigenvalue weighted by Crippen LogP contribution is -2.38. The van der Waals surface area contributed by atoms with E-state index in [0.29, 0.717) is 36.1 Å². The first-order valence-electron chi connectivity index (χ1n) is 8.21. The number of benzene rings is 1. The van der Waals surface area contributed by atoms with Gasteiger partial charge in [0.05, 0.1) is 20.8 Å². The molecule has 2 rings (SSSR count). The summed E-state index contributed by atoms with van der Waals surface area (Å²) in [6.07, 6.45) is 0. The van der Waals surface area contributed by atoms with E-state index in [-0.39, 0.29) is 24.0 Å². The highest BCUT2D eigenvalue weighted by molar-refractivity contribution is 14.0. The van der Waals surface area contributed by atoms with E-state index < -0.39 is 5.97 Å². The number of hydrogen-bond donors (Lipinski definition) is 1. The Kier molecular flexibility index (Phi) is 9.13. The van der Waals surface area contributed by atoms with Crippen LogP contribution in [0.25, 0.3) is 0 Å². The van der Waals surface area contributed by atoms with E-state index in [2.05, 4.69) is 10.3 Å². The monoisotopic (exact) mass is 487 g/mol. The van der Waals surface area contributed by atoms with Gasteiger partial charge in [-0.15, -0.1) is 24.0 Å². The van der Waals surface area contributed by atoms with Crippen molar-refractivity contribution in [2.75, 3.05) is 28.3 Å². The summed E-state index contributed by atoms with van der Waals surface area (Å²) >= 11 is 0. The van der Waals surface area contributed by atoms with Crippen molar-refractivity contribution >= 4 is 35.9 Å². The molecule has 0 saturated carbocycles. The smallest absolute Gasteiger partial charge is 0.341 e. The van der Waals surface area contributed by atoms with E-state index in [0.717, 1.165) is 11.3 Å². The lowest BCUT2D eigenvalue weighted by molar-refractivity contribution is 0.0599. The average molecular weight is 487 g/mol. The zero-order chi connectivity index (χ0) is 19.1. The zero-order valence-corrected chi connectivity index (χ0v) is 18.6. The summed E-state index contributed by atoms with van der Waals surface area (Å²) < 4.78 is 15.7. The third-order valence-electron chi connectivity index (χ3n) is 3.97. The van der Waals surface area contributed by atoms with Crippen molar-refractivity contribution in [2.45, 2.75) is 20.0 Å². The number of guanidine groups is 1. The van der Waals surface area contributed by atoms with Crippen LogP contribution < -0.4 is 10.1 Å². The third kappa shape index (κ3) is 5.88. The summed E-state index contributed by atoms with van der Waals surface area (Å²) in [5.74, 6) is 2.29. The highest BCUT2D eigenvalue weighted by Crippen LogP contribution is 2.19. The van der Waals surface area contributed by atoms with Gasteiger partial charge in [0.1, 0.15) is 22.8 Å². The van der Waals surface area contributed by atoms with Gasteiger partial charge in [0, 0.05) is 26.2 Å². The summed E-state index contributed by atoms with van der Waals surface area (Å²) in [5, 5.41) is 3.23. The predicted octanol–water partition coefficient (Wildman–Crippen LogP) is 3.21. The fourth-order valence-corrected chi connectivity index (χ4v) is 2.66. The Hall–Kier alpha value is -2.23. The van der Waals surface area contributed by atoms with E-state index in [1.807, 2.05) is 36.2 Å². The van der Waals surface area contributed by atoms with Gasteiger partial charge in [-0.3, -0.25) is 4.99 Å². The Balaban J connectivity index is 0.00000364. The molecule has 1 aromatic carbocycles. The van der Waals surface area contributed by atoms with Gasteiger partial charge in [-0.2, -0.15) is 0 Å². The standard InChI is InChI=1S/C19H25N3O4.HI/c1-13-16(18(23)25-5)10-15(26-13)11-21-19(20-2)22(3)12-14-8-6-7-9-17(14)24-4;/h6-10H,11-12H2,1-5H3,(H,20,21);1H. The molecule has 0 amide bonds. The first kappa shape index (κ1) is 22.8. The molecule has 148 valence electrons.